The maximum atomic E-state index is 4.01. The van der Waals surface area contributed by atoms with Crippen molar-refractivity contribution in [2.45, 2.75) is 33.1 Å². The van der Waals surface area contributed by atoms with Crippen LogP contribution in [0.3, 0.4) is 0 Å². The first-order chi connectivity index (χ1) is 5.57. The molecule has 72 valence electrons. The zero-order chi connectivity index (χ0) is 9.56. The van der Waals surface area contributed by atoms with Crippen molar-refractivity contribution in [2.24, 2.45) is 5.92 Å². The van der Waals surface area contributed by atoms with E-state index in [0.29, 0.717) is 0 Å². The monoisotopic (exact) mass is 169 g/mol. The number of rotatable bonds is 6. The summed E-state index contributed by atoms with van der Waals surface area (Å²) in [7, 11) is 4.25. The molecule has 0 aliphatic carbocycles. The third kappa shape index (κ3) is 5.36. The minimum absolute atomic E-state index is 0.741. The van der Waals surface area contributed by atoms with Gasteiger partial charge >= 0.3 is 0 Å². The molecular weight excluding hydrogens is 146 g/mol. The van der Waals surface area contributed by atoms with E-state index in [1.165, 1.54) is 31.4 Å². The highest BCUT2D eigenvalue weighted by molar-refractivity contribution is 4.95. The van der Waals surface area contributed by atoms with Crippen molar-refractivity contribution in [3.8, 4) is 0 Å². The van der Waals surface area contributed by atoms with Gasteiger partial charge in [0.05, 0.1) is 0 Å². The molecule has 0 aliphatic heterocycles. The molecule has 0 aromatic rings. The molecule has 0 aliphatic rings. The second-order valence-electron chi connectivity index (χ2n) is 3.90. The Hall–Kier alpha value is -0.300. The molecule has 0 aromatic carbocycles. The number of nitrogens with zero attached hydrogens (tertiary/aromatic N) is 1. The summed E-state index contributed by atoms with van der Waals surface area (Å²) >= 11 is 0. The van der Waals surface area contributed by atoms with Gasteiger partial charge in [-0.25, -0.2) is 0 Å². The Labute approximate surface area is 77.5 Å². The Morgan fingerprint density at radius 3 is 2.33 bits per heavy atom. The van der Waals surface area contributed by atoms with Crippen LogP contribution >= 0.6 is 0 Å². The Bertz CT molecular complexity index is 127. The van der Waals surface area contributed by atoms with Crippen LogP contribution in [0.15, 0.2) is 12.2 Å². The molecule has 0 heterocycles. The van der Waals surface area contributed by atoms with Gasteiger partial charge in [0, 0.05) is 0 Å². The van der Waals surface area contributed by atoms with E-state index < -0.39 is 0 Å². The van der Waals surface area contributed by atoms with Gasteiger partial charge in [0.2, 0.25) is 0 Å². The molecule has 1 unspecified atom stereocenters. The number of hydrogen-bond acceptors (Lipinski definition) is 1. The first-order valence-electron chi connectivity index (χ1n) is 4.88. The van der Waals surface area contributed by atoms with E-state index in [2.05, 4.69) is 39.4 Å². The maximum Gasteiger partial charge on any atom is -0.00246 e. The van der Waals surface area contributed by atoms with E-state index in [0.717, 1.165) is 5.92 Å². The average molecular weight is 169 g/mol. The standard InChI is InChI=1S/C11H23N/c1-6-11(10(2)3)8-7-9-12(4)5/h11H,2,6-9H2,1,3-5H3. The third-order valence-electron chi connectivity index (χ3n) is 2.35. The van der Waals surface area contributed by atoms with Crippen LogP contribution in [0.25, 0.3) is 0 Å². The summed E-state index contributed by atoms with van der Waals surface area (Å²) in [6.07, 6.45) is 3.82. The molecule has 1 heteroatoms. The van der Waals surface area contributed by atoms with Crippen LogP contribution in [0, 0.1) is 5.92 Å². The van der Waals surface area contributed by atoms with Crippen LogP contribution < -0.4 is 0 Å². The molecule has 0 fully saturated rings. The number of allylic oxidation sites excluding steroid dienone is 1. The van der Waals surface area contributed by atoms with Crippen molar-refractivity contribution in [2.75, 3.05) is 20.6 Å². The molecular formula is C11H23N. The van der Waals surface area contributed by atoms with Crippen molar-refractivity contribution >= 4 is 0 Å². The van der Waals surface area contributed by atoms with Crippen LogP contribution in [0.4, 0.5) is 0 Å². The van der Waals surface area contributed by atoms with Crippen LogP contribution in [-0.4, -0.2) is 25.5 Å². The van der Waals surface area contributed by atoms with E-state index in [1.807, 2.05) is 0 Å². The predicted molar refractivity (Wildman–Crippen MR) is 56.4 cm³/mol. The van der Waals surface area contributed by atoms with Crippen molar-refractivity contribution in [3.05, 3.63) is 12.2 Å². The summed E-state index contributed by atoms with van der Waals surface area (Å²) in [5, 5.41) is 0. The Morgan fingerprint density at radius 2 is 2.00 bits per heavy atom. The third-order valence-corrected chi connectivity index (χ3v) is 2.35. The minimum Gasteiger partial charge on any atom is -0.309 e. The molecule has 0 rings (SSSR count). The fourth-order valence-electron chi connectivity index (χ4n) is 1.45. The smallest absolute Gasteiger partial charge is 0.00246 e. The van der Waals surface area contributed by atoms with Crippen LogP contribution in [0.1, 0.15) is 33.1 Å². The van der Waals surface area contributed by atoms with Gasteiger partial charge < -0.3 is 4.90 Å². The zero-order valence-corrected chi connectivity index (χ0v) is 9.06. The minimum atomic E-state index is 0.741. The van der Waals surface area contributed by atoms with Gasteiger partial charge in [-0.05, 0) is 52.7 Å². The fourth-order valence-corrected chi connectivity index (χ4v) is 1.45. The van der Waals surface area contributed by atoms with Gasteiger partial charge in [-0.3, -0.25) is 0 Å². The Kier molecular flexibility index (Phi) is 6.09. The van der Waals surface area contributed by atoms with Crippen molar-refractivity contribution < 1.29 is 0 Å². The highest BCUT2D eigenvalue weighted by atomic mass is 15.0. The summed E-state index contributed by atoms with van der Waals surface area (Å²) in [4.78, 5) is 2.24. The maximum absolute atomic E-state index is 4.01. The first-order valence-corrected chi connectivity index (χ1v) is 4.88. The Morgan fingerprint density at radius 1 is 1.42 bits per heavy atom. The lowest BCUT2D eigenvalue weighted by Crippen LogP contribution is -2.14. The normalized spacial score (nSPS) is 13.4. The van der Waals surface area contributed by atoms with E-state index >= 15 is 0 Å². The summed E-state index contributed by atoms with van der Waals surface area (Å²) in [6.45, 7) is 9.60. The molecule has 0 radical (unpaired) electrons. The van der Waals surface area contributed by atoms with Crippen molar-refractivity contribution in [1.29, 1.82) is 0 Å². The van der Waals surface area contributed by atoms with E-state index in [9.17, 15) is 0 Å². The summed E-state index contributed by atoms with van der Waals surface area (Å²) in [5.41, 5.74) is 1.34. The predicted octanol–water partition coefficient (Wildman–Crippen LogP) is 2.93. The van der Waals surface area contributed by atoms with Crippen LogP contribution in [0.5, 0.6) is 0 Å². The summed E-state index contributed by atoms with van der Waals surface area (Å²) in [5.74, 6) is 0.741. The van der Waals surface area contributed by atoms with E-state index in [1.54, 1.807) is 0 Å². The molecule has 0 bridgehead atoms. The SMILES string of the molecule is C=C(C)C(CC)CCCN(C)C. The lowest BCUT2D eigenvalue weighted by molar-refractivity contribution is 0.375. The highest BCUT2D eigenvalue weighted by Crippen LogP contribution is 2.18. The molecule has 1 atom stereocenters. The molecule has 12 heavy (non-hydrogen) atoms. The average Bonchev–Trinajstić information content (AvgIpc) is 1.96. The van der Waals surface area contributed by atoms with E-state index in [-0.39, 0.29) is 0 Å². The topological polar surface area (TPSA) is 3.24 Å². The molecule has 1 nitrogen and oxygen atoms in total. The molecule has 0 N–H and O–H groups in total. The number of hydrogen-bond donors (Lipinski definition) is 0. The second-order valence-corrected chi connectivity index (χ2v) is 3.90. The fraction of sp³-hybridized carbons (Fsp3) is 0.818. The zero-order valence-electron chi connectivity index (χ0n) is 9.06. The molecule has 0 spiro atoms. The van der Waals surface area contributed by atoms with E-state index in [4.69, 9.17) is 0 Å². The molecule has 0 saturated carbocycles. The van der Waals surface area contributed by atoms with Gasteiger partial charge in [0.1, 0.15) is 0 Å². The second kappa shape index (κ2) is 6.24. The van der Waals surface area contributed by atoms with Gasteiger partial charge in [0.25, 0.3) is 0 Å². The lowest BCUT2D eigenvalue weighted by atomic mass is 9.94. The van der Waals surface area contributed by atoms with Gasteiger partial charge in [0.15, 0.2) is 0 Å². The molecule has 0 aromatic heterocycles. The summed E-state index contributed by atoms with van der Waals surface area (Å²) < 4.78 is 0. The van der Waals surface area contributed by atoms with Crippen molar-refractivity contribution in [3.63, 3.8) is 0 Å². The first kappa shape index (κ1) is 11.7. The lowest BCUT2D eigenvalue weighted by Gasteiger charge is -2.16. The highest BCUT2D eigenvalue weighted by Gasteiger charge is 2.05. The molecule has 0 saturated heterocycles. The van der Waals surface area contributed by atoms with Crippen LogP contribution in [0.2, 0.25) is 0 Å². The van der Waals surface area contributed by atoms with Gasteiger partial charge in [-0.2, -0.15) is 0 Å². The van der Waals surface area contributed by atoms with Gasteiger partial charge in [-0.1, -0.05) is 19.1 Å². The van der Waals surface area contributed by atoms with Gasteiger partial charge in [-0.15, -0.1) is 0 Å². The summed E-state index contributed by atoms with van der Waals surface area (Å²) in [6, 6.07) is 0. The quantitative estimate of drug-likeness (QED) is 0.553. The Balaban J connectivity index is 3.52. The van der Waals surface area contributed by atoms with Crippen molar-refractivity contribution in [1.82, 2.24) is 4.90 Å². The largest absolute Gasteiger partial charge is 0.309 e. The molecule has 0 amide bonds. The van der Waals surface area contributed by atoms with Crippen LogP contribution in [-0.2, 0) is 0 Å².